The second-order valence-electron chi connectivity index (χ2n) is 18.5. The zero-order valence-electron chi connectivity index (χ0n) is 43.4. The van der Waals surface area contributed by atoms with Crippen LogP contribution < -0.4 is 0 Å². The van der Waals surface area contributed by atoms with Crippen molar-refractivity contribution in [2.75, 3.05) is 13.2 Å². The van der Waals surface area contributed by atoms with E-state index in [4.69, 9.17) is 14.2 Å². The third-order valence-corrected chi connectivity index (χ3v) is 12.0. The molecule has 0 spiro atoms. The number of hydrogen-bond donors (Lipinski definition) is 0. The van der Waals surface area contributed by atoms with Gasteiger partial charge < -0.3 is 14.2 Å². The van der Waals surface area contributed by atoms with Crippen LogP contribution in [0.3, 0.4) is 0 Å². The summed E-state index contributed by atoms with van der Waals surface area (Å²) < 4.78 is 16.8. The second-order valence-corrected chi connectivity index (χ2v) is 18.5. The Bertz CT molecular complexity index is 1240. The molecule has 0 aliphatic carbocycles. The fraction of sp³-hybridized carbons (Fsp3) is 0.750. The average molecular weight is 921 g/mol. The molecule has 0 fully saturated rings. The third-order valence-electron chi connectivity index (χ3n) is 12.0. The molecule has 0 aromatic carbocycles. The summed E-state index contributed by atoms with van der Waals surface area (Å²) in [4.78, 5) is 38.1. The van der Waals surface area contributed by atoms with Crippen molar-refractivity contribution < 1.29 is 28.6 Å². The van der Waals surface area contributed by atoms with E-state index in [1.165, 1.54) is 135 Å². The van der Waals surface area contributed by atoms with Crippen molar-refractivity contribution in [3.05, 3.63) is 72.9 Å². The minimum atomic E-state index is -0.799. The Morgan fingerprint density at radius 3 is 0.985 bits per heavy atom. The molecule has 0 aliphatic rings. The highest BCUT2D eigenvalue weighted by atomic mass is 16.6. The lowest BCUT2D eigenvalue weighted by Crippen LogP contribution is -2.30. The number of allylic oxidation sites excluding steroid dienone is 12. The largest absolute Gasteiger partial charge is 0.462 e. The highest BCUT2D eigenvalue weighted by Gasteiger charge is 2.19. The van der Waals surface area contributed by atoms with Crippen LogP contribution in [0, 0.1) is 0 Å². The normalized spacial score (nSPS) is 12.6. The minimum Gasteiger partial charge on any atom is -0.462 e. The van der Waals surface area contributed by atoms with Gasteiger partial charge in [-0.1, -0.05) is 235 Å². The predicted molar refractivity (Wildman–Crippen MR) is 284 cm³/mol. The zero-order valence-corrected chi connectivity index (χ0v) is 43.4. The van der Waals surface area contributed by atoms with Crippen molar-refractivity contribution in [1.29, 1.82) is 0 Å². The van der Waals surface area contributed by atoms with E-state index >= 15 is 0 Å². The molecule has 380 valence electrons. The molecule has 0 heterocycles. The highest BCUT2D eigenvalue weighted by molar-refractivity contribution is 5.71. The molecule has 0 aromatic heterocycles. The summed E-state index contributed by atoms with van der Waals surface area (Å²) in [6.45, 7) is 6.47. The van der Waals surface area contributed by atoms with Crippen LogP contribution >= 0.6 is 0 Å². The summed E-state index contributed by atoms with van der Waals surface area (Å²) >= 11 is 0. The van der Waals surface area contributed by atoms with Gasteiger partial charge in [-0.15, -0.1) is 0 Å². The van der Waals surface area contributed by atoms with Gasteiger partial charge >= 0.3 is 17.9 Å². The van der Waals surface area contributed by atoms with Crippen LogP contribution in [-0.2, 0) is 28.6 Å². The third kappa shape index (κ3) is 51.8. The van der Waals surface area contributed by atoms with Crippen LogP contribution in [0.4, 0.5) is 0 Å². The van der Waals surface area contributed by atoms with Crippen LogP contribution in [0.15, 0.2) is 72.9 Å². The molecule has 0 N–H and O–H groups in total. The summed E-state index contributed by atoms with van der Waals surface area (Å²) in [6.07, 6.45) is 68.9. The molecule has 66 heavy (non-hydrogen) atoms. The lowest BCUT2D eigenvalue weighted by atomic mass is 10.1. The van der Waals surface area contributed by atoms with Crippen molar-refractivity contribution in [1.82, 2.24) is 0 Å². The molecular formula is C60H104O6. The number of carbonyl (C=O) groups excluding carboxylic acids is 3. The Morgan fingerprint density at radius 2 is 0.606 bits per heavy atom. The van der Waals surface area contributed by atoms with Crippen LogP contribution in [-0.4, -0.2) is 37.2 Å². The van der Waals surface area contributed by atoms with Crippen LogP contribution in [0.1, 0.15) is 271 Å². The molecule has 6 heteroatoms. The lowest BCUT2D eigenvalue weighted by Gasteiger charge is -2.18. The number of ether oxygens (including phenoxy) is 3. The van der Waals surface area contributed by atoms with Crippen molar-refractivity contribution >= 4 is 17.9 Å². The SMILES string of the molecule is CC/C=C/C=C/C=C/CCCCCCCC(=O)OCC(COC(=O)CCCCCCCCC/C=C/CCCCCCCCCC)OC(=O)CCCCC/C=C/C=C/CCCCCCCCC. The van der Waals surface area contributed by atoms with Gasteiger partial charge in [0, 0.05) is 19.3 Å². The van der Waals surface area contributed by atoms with Crippen molar-refractivity contribution in [3.8, 4) is 0 Å². The fourth-order valence-electron chi connectivity index (χ4n) is 7.78. The van der Waals surface area contributed by atoms with E-state index in [9.17, 15) is 14.4 Å². The van der Waals surface area contributed by atoms with Crippen LogP contribution in [0.25, 0.3) is 0 Å². The maximum atomic E-state index is 12.8. The molecular weight excluding hydrogens is 817 g/mol. The Balaban J connectivity index is 4.42. The van der Waals surface area contributed by atoms with Crippen molar-refractivity contribution in [2.24, 2.45) is 0 Å². The van der Waals surface area contributed by atoms with Gasteiger partial charge in [-0.05, 0) is 89.9 Å². The van der Waals surface area contributed by atoms with Crippen LogP contribution in [0.2, 0.25) is 0 Å². The smallest absolute Gasteiger partial charge is 0.306 e. The molecule has 1 atom stereocenters. The van der Waals surface area contributed by atoms with E-state index in [-0.39, 0.29) is 31.1 Å². The van der Waals surface area contributed by atoms with Gasteiger partial charge in [0.2, 0.25) is 0 Å². The molecule has 6 nitrogen and oxygen atoms in total. The van der Waals surface area contributed by atoms with E-state index in [0.29, 0.717) is 19.3 Å². The second kappa shape index (κ2) is 54.5. The van der Waals surface area contributed by atoms with Gasteiger partial charge in [0.1, 0.15) is 13.2 Å². The van der Waals surface area contributed by atoms with Crippen molar-refractivity contribution in [2.45, 2.75) is 277 Å². The molecule has 0 radical (unpaired) electrons. The number of hydrogen-bond acceptors (Lipinski definition) is 6. The highest BCUT2D eigenvalue weighted by Crippen LogP contribution is 2.15. The first-order valence-corrected chi connectivity index (χ1v) is 28.0. The van der Waals surface area contributed by atoms with Gasteiger partial charge in [-0.25, -0.2) is 0 Å². The molecule has 0 saturated heterocycles. The Kier molecular flexibility index (Phi) is 51.9. The standard InChI is InChI=1S/C60H104O6/c1-4-7-10-13-16-19-22-25-27-29-30-31-33-35-38-41-44-47-50-53-59(62)65-56-57(55-64-58(61)52-49-46-43-40-37-34-24-21-18-15-12-9-6-3)66-60(63)54-51-48-45-42-39-36-32-28-26-23-20-17-14-11-8-5-2/h9,12,15,18,21,24,28-30,32,36,39,57H,4-8,10-11,13-14,16-17,19-20,22-23,25-27,31,33-35,37-38,40-56H2,1-3H3/b12-9+,18-15+,24-21+,30-29+,32-28+,39-36+. The molecule has 1 unspecified atom stereocenters. The molecule has 0 saturated carbocycles. The first-order chi connectivity index (χ1) is 32.5. The summed E-state index contributed by atoms with van der Waals surface area (Å²) in [5.41, 5.74) is 0. The van der Waals surface area contributed by atoms with Gasteiger partial charge in [-0.2, -0.15) is 0 Å². The van der Waals surface area contributed by atoms with Gasteiger partial charge in [0.05, 0.1) is 0 Å². The van der Waals surface area contributed by atoms with Gasteiger partial charge in [0.15, 0.2) is 6.10 Å². The molecule has 0 bridgehead atoms. The number of unbranched alkanes of at least 4 members (excludes halogenated alkanes) is 30. The molecule has 0 aliphatic heterocycles. The van der Waals surface area contributed by atoms with E-state index in [2.05, 4.69) is 93.7 Å². The van der Waals surface area contributed by atoms with Gasteiger partial charge in [-0.3, -0.25) is 14.4 Å². The van der Waals surface area contributed by atoms with E-state index in [0.717, 1.165) is 96.3 Å². The number of esters is 3. The minimum absolute atomic E-state index is 0.0949. The lowest BCUT2D eigenvalue weighted by molar-refractivity contribution is -0.167. The number of carbonyl (C=O) groups is 3. The molecule has 0 aromatic rings. The summed E-state index contributed by atoms with van der Waals surface area (Å²) in [5, 5.41) is 0. The monoisotopic (exact) mass is 921 g/mol. The first kappa shape index (κ1) is 62.8. The molecule has 0 amide bonds. The predicted octanol–water partition coefficient (Wildman–Crippen LogP) is 18.6. The summed E-state index contributed by atoms with van der Waals surface area (Å²) in [7, 11) is 0. The summed E-state index contributed by atoms with van der Waals surface area (Å²) in [5.74, 6) is -0.941. The topological polar surface area (TPSA) is 78.9 Å². The van der Waals surface area contributed by atoms with E-state index in [1.807, 2.05) is 0 Å². The Morgan fingerprint density at radius 1 is 0.318 bits per heavy atom. The van der Waals surface area contributed by atoms with E-state index < -0.39 is 6.10 Å². The number of rotatable bonds is 50. The average Bonchev–Trinajstić information content (AvgIpc) is 3.31. The zero-order chi connectivity index (χ0) is 47.9. The maximum absolute atomic E-state index is 12.8. The Labute approximate surface area is 408 Å². The summed E-state index contributed by atoms with van der Waals surface area (Å²) in [6, 6.07) is 0. The Hall–Kier alpha value is -3.15. The van der Waals surface area contributed by atoms with Crippen molar-refractivity contribution in [3.63, 3.8) is 0 Å². The first-order valence-electron chi connectivity index (χ1n) is 28.0. The van der Waals surface area contributed by atoms with Gasteiger partial charge in [0.25, 0.3) is 0 Å². The maximum Gasteiger partial charge on any atom is 0.306 e. The van der Waals surface area contributed by atoms with Crippen LogP contribution in [0.5, 0.6) is 0 Å². The van der Waals surface area contributed by atoms with E-state index in [1.54, 1.807) is 0 Å². The fourth-order valence-corrected chi connectivity index (χ4v) is 7.78. The molecule has 0 rings (SSSR count). The quantitative estimate of drug-likeness (QED) is 0.0199.